The van der Waals surface area contributed by atoms with Crippen LogP contribution in [0.2, 0.25) is 0 Å². The molecular weight excluding hydrogens is 518 g/mol. The molecule has 0 aromatic heterocycles. The Morgan fingerprint density at radius 3 is 2.29 bits per heavy atom. The number of Topliss-reactive ketones (excluding diaryl/α,β-unsaturated/α-hetero) is 1. The van der Waals surface area contributed by atoms with Gasteiger partial charge in [0, 0.05) is 42.2 Å². The van der Waals surface area contributed by atoms with Gasteiger partial charge in [0.15, 0.2) is 5.78 Å². The van der Waals surface area contributed by atoms with E-state index < -0.39 is 0 Å². The van der Waals surface area contributed by atoms with E-state index in [1.807, 2.05) is 68.4 Å². The number of ketones is 1. The number of fused-ring (bicyclic) bond motifs is 4. The van der Waals surface area contributed by atoms with Gasteiger partial charge in [-0.1, -0.05) is 60.7 Å². The van der Waals surface area contributed by atoms with Crippen molar-refractivity contribution < 1.29 is 9.59 Å². The van der Waals surface area contributed by atoms with E-state index in [1.54, 1.807) is 0 Å². The molecule has 1 N–H and O–H groups in total. The molecule has 0 heterocycles. The number of nitrogens with zero attached hydrogens (tertiary/aromatic N) is 2. The summed E-state index contributed by atoms with van der Waals surface area (Å²) in [5.41, 5.74) is 7.14. The molecule has 1 atom stereocenters. The maximum Gasteiger partial charge on any atom is 0.255 e. The maximum absolute atomic E-state index is 14.3. The van der Waals surface area contributed by atoms with Crippen LogP contribution in [-0.2, 0) is 6.42 Å². The molecule has 5 nitrogen and oxygen atoms in total. The van der Waals surface area contributed by atoms with Crippen LogP contribution in [0, 0.1) is 17.4 Å². The average Bonchev–Trinajstić information content (AvgIpc) is 2.99. The summed E-state index contributed by atoms with van der Waals surface area (Å²) >= 11 is 0. The van der Waals surface area contributed by atoms with Crippen LogP contribution >= 0.6 is 0 Å². The number of benzene rings is 4. The highest BCUT2D eigenvalue weighted by Gasteiger charge is 2.26. The Balaban J connectivity index is 1.46. The number of carbonyl (C=O) groups excluding carboxylic acids is 2. The molecule has 0 aliphatic heterocycles. The quantitative estimate of drug-likeness (QED) is 0.325. The Hall–Kier alpha value is -4.48. The number of hydrogen-bond donors (Lipinski definition) is 1. The molecule has 0 bridgehead atoms. The summed E-state index contributed by atoms with van der Waals surface area (Å²) in [6.45, 7) is 1.93. The fourth-order valence-corrected chi connectivity index (χ4v) is 6.51. The third-order valence-corrected chi connectivity index (χ3v) is 8.62. The predicted octanol–water partition coefficient (Wildman–Crippen LogP) is 5.37. The third kappa shape index (κ3) is 4.84. The van der Waals surface area contributed by atoms with Gasteiger partial charge in [-0.15, -0.1) is 0 Å². The fraction of sp³-hybridized carbons (Fsp3) is 0.243. The van der Waals surface area contributed by atoms with E-state index in [4.69, 9.17) is 0 Å². The fourth-order valence-electron chi connectivity index (χ4n) is 6.51. The van der Waals surface area contributed by atoms with E-state index in [0.29, 0.717) is 16.8 Å². The van der Waals surface area contributed by atoms with Gasteiger partial charge in [-0.2, -0.15) is 0 Å². The van der Waals surface area contributed by atoms with E-state index >= 15 is 0 Å². The minimum Gasteiger partial charge on any atom is -0.377 e. The van der Waals surface area contributed by atoms with Crippen LogP contribution < -0.4 is 20.7 Å². The second kappa shape index (κ2) is 11.1. The standard InChI is InChI=1S/C37H37N3O2/c1-23-11-6-8-13-26(23)37(42)38-25-17-18-32(33(22-25)39(2)3)36(41)31-16-10-15-29-28(31)19-20-30-27-14-9-7-12-24(27)21-34(35(29)30)40(4)5/h6-9,11-14,17-22,34H,10,15-16H2,1-5H3,(H,38,42). The first-order valence-corrected chi connectivity index (χ1v) is 14.6. The maximum atomic E-state index is 14.3. The average molecular weight is 556 g/mol. The Bertz CT molecular complexity index is 1960. The molecule has 212 valence electrons. The molecule has 4 aromatic carbocycles. The minimum atomic E-state index is -0.161. The van der Waals surface area contributed by atoms with Gasteiger partial charge in [-0.05, 0) is 102 Å². The lowest BCUT2D eigenvalue weighted by Crippen LogP contribution is -2.31. The van der Waals surface area contributed by atoms with Gasteiger partial charge >= 0.3 is 0 Å². The highest BCUT2D eigenvalue weighted by Crippen LogP contribution is 2.32. The van der Waals surface area contributed by atoms with Crippen molar-refractivity contribution in [3.8, 4) is 0 Å². The van der Waals surface area contributed by atoms with E-state index in [-0.39, 0.29) is 17.7 Å². The lowest BCUT2D eigenvalue weighted by atomic mass is 9.82. The largest absolute Gasteiger partial charge is 0.377 e. The van der Waals surface area contributed by atoms with Gasteiger partial charge in [-0.25, -0.2) is 0 Å². The van der Waals surface area contributed by atoms with Crippen LogP contribution in [0.25, 0.3) is 11.6 Å². The molecule has 0 radical (unpaired) electrons. The first-order chi connectivity index (χ1) is 20.2. The van der Waals surface area contributed by atoms with Crippen molar-refractivity contribution in [2.24, 2.45) is 0 Å². The summed E-state index contributed by atoms with van der Waals surface area (Å²) in [7, 11) is 8.12. The Morgan fingerprint density at radius 1 is 0.786 bits per heavy atom. The summed E-state index contributed by atoms with van der Waals surface area (Å²) in [6, 6.07) is 26.2. The van der Waals surface area contributed by atoms with E-state index in [9.17, 15) is 9.59 Å². The van der Waals surface area contributed by atoms with Gasteiger partial charge in [0.25, 0.3) is 5.91 Å². The molecule has 0 saturated carbocycles. The first-order valence-electron chi connectivity index (χ1n) is 14.6. The minimum absolute atomic E-state index is 0.0537. The van der Waals surface area contributed by atoms with Gasteiger partial charge < -0.3 is 10.2 Å². The monoisotopic (exact) mass is 555 g/mol. The predicted molar refractivity (Wildman–Crippen MR) is 171 cm³/mol. The van der Waals surface area contributed by atoms with Crippen LogP contribution in [0.4, 0.5) is 11.4 Å². The number of rotatable bonds is 6. The second-order valence-corrected chi connectivity index (χ2v) is 11.8. The van der Waals surface area contributed by atoms with Crippen LogP contribution in [-0.4, -0.2) is 44.8 Å². The number of carbonyl (C=O) groups is 2. The number of anilines is 2. The zero-order chi connectivity index (χ0) is 29.5. The van der Waals surface area contributed by atoms with Crippen molar-refractivity contribution in [1.29, 1.82) is 0 Å². The summed E-state index contributed by atoms with van der Waals surface area (Å²) in [5, 5.41) is 7.87. The van der Waals surface area contributed by atoms with Gasteiger partial charge in [0.05, 0.1) is 6.04 Å². The van der Waals surface area contributed by atoms with Crippen LogP contribution in [0.3, 0.4) is 0 Å². The molecular formula is C37H37N3O2. The van der Waals surface area contributed by atoms with Crippen molar-refractivity contribution in [1.82, 2.24) is 4.90 Å². The number of hydrogen-bond acceptors (Lipinski definition) is 4. The highest BCUT2D eigenvalue weighted by atomic mass is 16.1. The van der Waals surface area contributed by atoms with Gasteiger partial charge in [-0.3, -0.25) is 14.5 Å². The van der Waals surface area contributed by atoms with Crippen molar-refractivity contribution in [2.75, 3.05) is 38.4 Å². The first kappa shape index (κ1) is 27.7. The Labute approximate surface area is 247 Å². The van der Waals surface area contributed by atoms with Crippen molar-refractivity contribution in [2.45, 2.75) is 32.2 Å². The topological polar surface area (TPSA) is 52.7 Å². The Morgan fingerprint density at radius 2 is 1.52 bits per heavy atom. The van der Waals surface area contributed by atoms with Crippen LogP contribution in [0.5, 0.6) is 0 Å². The van der Waals surface area contributed by atoms with Gasteiger partial charge in [0.2, 0.25) is 0 Å². The summed E-state index contributed by atoms with van der Waals surface area (Å²) in [4.78, 5) is 31.5. The zero-order valence-corrected chi connectivity index (χ0v) is 25.0. The molecule has 0 saturated heterocycles. The lowest BCUT2D eigenvalue weighted by Gasteiger charge is -2.29. The van der Waals surface area contributed by atoms with E-state index in [1.165, 1.54) is 26.8 Å². The summed E-state index contributed by atoms with van der Waals surface area (Å²) in [6.07, 6.45) is 4.99. The van der Waals surface area contributed by atoms with Crippen LogP contribution in [0.1, 0.15) is 56.3 Å². The lowest BCUT2D eigenvalue weighted by molar-refractivity contribution is 0.102. The molecule has 1 unspecified atom stereocenters. The Kier molecular flexibility index (Phi) is 7.29. The van der Waals surface area contributed by atoms with Crippen molar-refractivity contribution in [3.63, 3.8) is 0 Å². The smallest absolute Gasteiger partial charge is 0.255 e. The van der Waals surface area contributed by atoms with Crippen molar-refractivity contribution >= 4 is 34.7 Å². The molecule has 1 amide bonds. The molecule has 0 spiro atoms. The number of amides is 1. The molecule has 42 heavy (non-hydrogen) atoms. The molecule has 2 aliphatic carbocycles. The normalized spacial score (nSPS) is 15.3. The summed E-state index contributed by atoms with van der Waals surface area (Å²) < 4.78 is 0. The number of aryl methyl sites for hydroxylation is 1. The van der Waals surface area contributed by atoms with Gasteiger partial charge in [0.1, 0.15) is 0 Å². The van der Waals surface area contributed by atoms with Crippen LogP contribution in [0.15, 0.2) is 78.9 Å². The molecule has 2 aliphatic rings. The second-order valence-electron chi connectivity index (χ2n) is 11.8. The molecule has 0 fully saturated rings. The van der Waals surface area contributed by atoms with E-state index in [0.717, 1.165) is 41.3 Å². The van der Waals surface area contributed by atoms with Crippen molar-refractivity contribution in [3.05, 3.63) is 128 Å². The summed E-state index contributed by atoms with van der Waals surface area (Å²) in [5.74, 6) is -0.107. The molecule has 5 heteroatoms. The SMILES string of the molecule is Cc1ccccc1C(=O)Nc1ccc(C(=O)C2=c3ccc4c(c3CCC2)C(N(C)C)C=c2ccccc2=4)c(N(C)C)c1. The highest BCUT2D eigenvalue weighted by molar-refractivity contribution is 6.26. The zero-order valence-electron chi connectivity index (χ0n) is 25.0. The number of nitrogens with one attached hydrogen (secondary N) is 1. The molecule has 6 rings (SSSR count). The molecule has 4 aromatic rings. The third-order valence-electron chi connectivity index (χ3n) is 8.62. The van der Waals surface area contributed by atoms with E-state index in [2.05, 4.69) is 66.8 Å².